The summed E-state index contributed by atoms with van der Waals surface area (Å²) in [5, 5.41) is 7.25. The van der Waals surface area contributed by atoms with Crippen molar-refractivity contribution in [3.05, 3.63) is 176 Å². The fourth-order valence-electron chi connectivity index (χ4n) is 7.17. The topological polar surface area (TPSA) is 38.7 Å². The molecular weight excluding hydrogens is 639 g/mol. The lowest BCUT2D eigenvalue weighted by Gasteiger charge is -2.12. The predicted octanol–water partition coefficient (Wildman–Crippen LogP) is 12.9. The summed E-state index contributed by atoms with van der Waals surface area (Å²) in [4.78, 5) is 15.5. The summed E-state index contributed by atoms with van der Waals surface area (Å²) in [7, 11) is 0. The third-order valence-corrected chi connectivity index (χ3v) is 10.9. The van der Waals surface area contributed by atoms with Crippen LogP contribution in [0.3, 0.4) is 0 Å². The number of aromatic nitrogens is 3. The summed E-state index contributed by atoms with van der Waals surface area (Å²) < 4.78 is 2.43. The average molecular weight is 668 g/mol. The number of hydrogen-bond donors (Lipinski definition) is 0. The Bertz CT molecular complexity index is 2930. The summed E-state index contributed by atoms with van der Waals surface area (Å²) in [6.07, 6.45) is 0. The highest BCUT2D eigenvalue weighted by molar-refractivity contribution is 7.26. The molecule has 51 heavy (non-hydrogen) atoms. The molecule has 0 radical (unpaired) electrons. The molecule has 2 heterocycles. The highest BCUT2D eigenvalue weighted by atomic mass is 32.1. The number of fused-ring (bicyclic) bond motifs is 5. The summed E-state index contributed by atoms with van der Waals surface area (Å²) >= 11 is 1.79. The van der Waals surface area contributed by atoms with Crippen molar-refractivity contribution in [1.29, 1.82) is 0 Å². The Morgan fingerprint density at radius 1 is 0.314 bits per heavy atom. The molecule has 0 atom stereocenters. The summed E-state index contributed by atoms with van der Waals surface area (Å²) in [5.74, 6) is 1.97. The monoisotopic (exact) mass is 667 g/mol. The maximum Gasteiger partial charge on any atom is 0.165 e. The lowest BCUT2D eigenvalue weighted by molar-refractivity contribution is 1.08. The molecule has 0 N–H and O–H groups in total. The lowest BCUT2D eigenvalue weighted by Crippen LogP contribution is -2.00. The molecule has 10 rings (SSSR count). The Morgan fingerprint density at radius 2 is 0.902 bits per heavy atom. The van der Waals surface area contributed by atoms with Crippen molar-refractivity contribution in [3.63, 3.8) is 0 Å². The Balaban J connectivity index is 1.15. The molecular formula is C47H29N3S. The average Bonchev–Trinajstić information content (AvgIpc) is 3.59. The molecule has 0 aliphatic heterocycles. The molecule has 0 amide bonds. The van der Waals surface area contributed by atoms with Crippen molar-refractivity contribution >= 4 is 53.1 Å². The van der Waals surface area contributed by atoms with Gasteiger partial charge in [0.1, 0.15) is 0 Å². The smallest absolute Gasteiger partial charge is 0.165 e. The zero-order chi connectivity index (χ0) is 33.7. The van der Waals surface area contributed by atoms with Crippen LogP contribution in [0, 0.1) is 0 Å². The standard InChI is InChI=1S/C47H29N3S/c1-2-12-31(13-3-1)38-19-9-15-32-24-25-35(29-42(32)38)34-16-8-17-36(28-34)45-48-46(37-26-23-30-11-4-5-14-33(30)27-37)50-47(49-45)41-21-10-20-40-39-18-6-7-22-43(39)51-44(40)41/h1-29H. The van der Waals surface area contributed by atoms with Crippen LogP contribution < -0.4 is 0 Å². The number of thiophene rings is 1. The lowest BCUT2D eigenvalue weighted by atomic mass is 9.94. The van der Waals surface area contributed by atoms with E-state index in [1.165, 1.54) is 47.5 Å². The molecule has 0 fully saturated rings. The highest BCUT2D eigenvalue weighted by Crippen LogP contribution is 2.40. The van der Waals surface area contributed by atoms with Crippen LogP contribution >= 0.6 is 11.3 Å². The minimum Gasteiger partial charge on any atom is -0.208 e. The maximum absolute atomic E-state index is 5.20. The molecule has 0 aliphatic carbocycles. The number of nitrogens with zero attached hydrogens (tertiary/aromatic N) is 3. The Labute approximate surface area is 299 Å². The van der Waals surface area contributed by atoms with E-state index in [4.69, 9.17) is 15.0 Å². The van der Waals surface area contributed by atoms with Gasteiger partial charge in [0.2, 0.25) is 0 Å². The van der Waals surface area contributed by atoms with Crippen LogP contribution in [0.5, 0.6) is 0 Å². The van der Waals surface area contributed by atoms with Crippen molar-refractivity contribution in [1.82, 2.24) is 15.0 Å². The van der Waals surface area contributed by atoms with E-state index >= 15 is 0 Å². The van der Waals surface area contributed by atoms with E-state index in [1.807, 2.05) is 0 Å². The van der Waals surface area contributed by atoms with E-state index in [0.29, 0.717) is 17.5 Å². The van der Waals surface area contributed by atoms with Crippen molar-refractivity contribution in [2.24, 2.45) is 0 Å². The van der Waals surface area contributed by atoms with Crippen LogP contribution in [0.2, 0.25) is 0 Å². The Hall–Kier alpha value is -6.49. The second-order valence-electron chi connectivity index (χ2n) is 12.8. The first-order valence-electron chi connectivity index (χ1n) is 17.1. The van der Waals surface area contributed by atoms with Crippen LogP contribution in [-0.2, 0) is 0 Å². The van der Waals surface area contributed by atoms with E-state index in [9.17, 15) is 0 Å². The molecule has 10 aromatic rings. The SMILES string of the molecule is c1ccc(-c2cccc3ccc(-c4cccc(-c5nc(-c6ccc7ccccc7c6)nc(-c6cccc7c6sc6ccccc67)n5)c4)cc23)cc1. The van der Waals surface area contributed by atoms with Gasteiger partial charge in [0, 0.05) is 36.9 Å². The first-order chi connectivity index (χ1) is 25.2. The van der Waals surface area contributed by atoms with Gasteiger partial charge in [0.25, 0.3) is 0 Å². The van der Waals surface area contributed by atoms with E-state index in [2.05, 4.69) is 176 Å². The molecule has 2 aromatic heterocycles. The van der Waals surface area contributed by atoms with Gasteiger partial charge >= 0.3 is 0 Å². The van der Waals surface area contributed by atoms with Crippen LogP contribution in [0.15, 0.2) is 176 Å². The van der Waals surface area contributed by atoms with Gasteiger partial charge in [-0.2, -0.15) is 0 Å². The summed E-state index contributed by atoms with van der Waals surface area (Å²) in [5.41, 5.74) is 7.60. The first-order valence-corrected chi connectivity index (χ1v) is 17.9. The van der Waals surface area contributed by atoms with Crippen molar-refractivity contribution in [2.75, 3.05) is 0 Å². The van der Waals surface area contributed by atoms with Gasteiger partial charge in [-0.3, -0.25) is 0 Å². The van der Waals surface area contributed by atoms with Gasteiger partial charge in [-0.1, -0.05) is 146 Å². The quantitative estimate of drug-likeness (QED) is 0.183. The molecule has 0 saturated heterocycles. The summed E-state index contributed by atoms with van der Waals surface area (Å²) in [6, 6.07) is 62.3. The Morgan fingerprint density at radius 3 is 1.80 bits per heavy atom. The molecule has 0 bridgehead atoms. The van der Waals surface area contributed by atoms with Gasteiger partial charge in [0.05, 0.1) is 0 Å². The Kier molecular flexibility index (Phi) is 7.00. The first kappa shape index (κ1) is 29.4. The largest absolute Gasteiger partial charge is 0.208 e. The van der Waals surface area contributed by atoms with Crippen LogP contribution in [0.1, 0.15) is 0 Å². The molecule has 0 spiro atoms. The molecule has 0 saturated carbocycles. The molecule has 238 valence electrons. The molecule has 8 aromatic carbocycles. The van der Waals surface area contributed by atoms with Gasteiger partial charge in [-0.15, -0.1) is 11.3 Å². The second kappa shape index (κ2) is 12.1. The number of rotatable bonds is 5. The fraction of sp³-hybridized carbons (Fsp3) is 0. The number of benzene rings is 8. The minimum atomic E-state index is 0.647. The zero-order valence-electron chi connectivity index (χ0n) is 27.5. The second-order valence-corrected chi connectivity index (χ2v) is 13.9. The fourth-order valence-corrected chi connectivity index (χ4v) is 8.38. The van der Waals surface area contributed by atoms with Crippen LogP contribution in [-0.4, -0.2) is 15.0 Å². The third kappa shape index (κ3) is 5.25. The zero-order valence-corrected chi connectivity index (χ0v) is 28.3. The van der Waals surface area contributed by atoms with Crippen molar-refractivity contribution in [2.45, 2.75) is 0 Å². The van der Waals surface area contributed by atoms with Gasteiger partial charge in [0.15, 0.2) is 17.5 Å². The molecule has 0 unspecified atom stereocenters. The predicted molar refractivity (Wildman–Crippen MR) is 215 cm³/mol. The van der Waals surface area contributed by atoms with E-state index in [0.717, 1.165) is 33.2 Å². The van der Waals surface area contributed by atoms with Gasteiger partial charge < -0.3 is 0 Å². The minimum absolute atomic E-state index is 0.647. The normalized spacial score (nSPS) is 11.5. The van der Waals surface area contributed by atoms with Crippen molar-refractivity contribution < 1.29 is 0 Å². The van der Waals surface area contributed by atoms with Gasteiger partial charge in [-0.25, -0.2) is 15.0 Å². The van der Waals surface area contributed by atoms with E-state index < -0.39 is 0 Å². The highest BCUT2D eigenvalue weighted by Gasteiger charge is 2.17. The molecule has 4 heteroatoms. The maximum atomic E-state index is 5.20. The molecule has 3 nitrogen and oxygen atoms in total. The van der Waals surface area contributed by atoms with Crippen LogP contribution in [0.4, 0.5) is 0 Å². The number of hydrogen-bond acceptors (Lipinski definition) is 4. The molecule has 0 aliphatic rings. The van der Waals surface area contributed by atoms with Crippen molar-refractivity contribution in [3.8, 4) is 56.4 Å². The van der Waals surface area contributed by atoms with Crippen LogP contribution in [0.25, 0.3) is 98.1 Å². The summed E-state index contributed by atoms with van der Waals surface area (Å²) in [6.45, 7) is 0. The van der Waals surface area contributed by atoms with Gasteiger partial charge in [-0.05, 0) is 74.1 Å². The van der Waals surface area contributed by atoms with E-state index in [-0.39, 0.29) is 0 Å². The third-order valence-electron chi connectivity index (χ3n) is 9.71. The van der Waals surface area contributed by atoms with E-state index in [1.54, 1.807) is 11.3 Å².